The molecule has 164 valence electrons. The summed E-state index contributed by atoms with van der Waals surface area (Å²) in [5.74, 6) is 3.01. The van der Waals surface area contributed by atoms with Crippen molar-refractivity contribution in [2.75, 3.05) is 0 Å². The van der Waals surface area contributed by atoms with Crippen molar-refractivity contribution in [3.8, 4) is 34.1 Å². The zero-order chi connectivity index (χ0) is 23.2. The molecule has 0 radical (unpaired) electrons. The Morgan fingerprint density at radius 2 is 0.706 bits per heavy atom. The van der Waals surface area contributed by atoms with Crippen molar-refractivity contribution in [2.45, 2.75) is 0 Å². The van der Waals surface area contributed by atoms with E-state index in [4.69, 9.17) is 9.47 Å². The van der Waals surface area contributed by atoms with Crippen molar-refractivity contribution >= 4 is 5.78 Å². The van der Waals surface area contributed by atoms with Gasteiger partial charge in [-0.25, -0.2) is 0 Å². The Hall–Kier alpha value is -4.63. The summed E-state index contributed by atoms with van der Waals surface area (Å²) in [5.41, 5.74) is 3.36. The molecule has 5 aromatic rings. The highest BCUT2D eigenvalue weighted by Gasteiger charge is 2.10. The van der Waals surface area contributed by atoms with Crippen LogP contribution in [0.15, 0.2) is 133 Å². The Morgan fingerprint density at radius 1 is 0.382 bits per heavy atom. The Bertz CT molecular complexity index is 1360. The number of hydrogen-bond donors (Lipinski definition) is 0. The second-order valence-electron chi connectivity index (χ2n) is 7.79. The third-order valence-electron chi connectivity index (χ3n) is 5.41. The van der Waals surface area contributed by atoms with Gasteiger partial charge >= 0.3 is 0 Å². The number of hydrogen-bond acceptors (Lipinski definition) is 3. The monoisotopic (exact) mass is 442 g/mol. The molecule has 0 saturated carbocycles. The van der Waals surface area contributed by atoms with E-state index >= 15 is 0 Å². The van der Waals surface area contributed by atoms with Gasteiger partial charge in [-0.05, 0) is 71.8 Å². The second-order valence-corrected chi connectivity index (χ2v) is 7.79. The van der Waals surface area contributed by atoms with Gasteiger partial charge in [0.25, 0.3) is 0 Å². The predicted octanol–water partition coefficient (Wildman–Crippen LogP) is 8.17. The lowest BCUT2D eigenvalue weighted by Crippen LogP contribution is -2.01. The number of carbonyl (C=O) groups excluding carboxylic acids is 1. The number of rotatable bonds is 7. The molecule has 0 aliphatic carbocycles. The molecule has 0 spiro atoms. The molecule has 0 heterocycles. The van der Waals surface area contributed by atoms with Crippen molar-refractivity contribution in [1.29, 1.82) is 0 Å². The molecule has 0 unspecified atom stereocenters. The Balaban J connectivity index is 1.25. The van der Waals surface area contributed by atoms with Crippen LogP contribution in [0.1, 0.15) is 15.9 Å². The van der Waals surface area contributed by atoms with Crippen LogP contribution in [0.3, 0.4) is 0 Å². The van der Waals surface area contributed by atoms with E-state index in [1.54, 1.807) is 12.1 Å². The molecule has 0 fully saturated rings. The van der Waals surface area contributed by atoms with Gasteiger partial charge in [-0.1, -0.05) is 72.8 Å². The van der Waals surface area contributed by atoms with Crippen molar-refractivity contribution in [3.05, 3.63) is 145 Å². The van der Waals surface area contributed by atoms with Crippen LogP contribution < -0.4 is 9.47 Å². The van der Waals surface area contributed by atoms with Gasteiger partial charge in [0.2, 0.25) is 0 Å². The van der Waals surface area contributed by atoms with Crippen molar-refractivity contribution in [2.24, 2.45) is 0 Å². The van der Waals surface area contributed by atoms with E-state index in [-0.39, 0.29) is 5.78 Å². The predicted molar refractivity (Wildman–Crippen MR) is 135 cm³/mol. The van der Waals surface area contributed by atoms with E-state index in [1.165, 1.54) is 0 Å². The summed E-state index contributed by atoms with van der Waals surface area (Å²) in [4.78, 5) is 12.9. The molecule has 3 heteroatoms. The SMILES string of the molecule is O=C(c1ccc(Oc2ccccc2)cc1)c1ccc(-c2ccc(Oc3ccccc3)cc2)cc1. The van der Waals surface area contributed by atoms with Gasteiger partial charge in [0.1, 0.15) is 23.0 Å². The summed E-state index contributed by atoms with van der Waals surface area (Å²) in [7, 11) is 0. The van der Waals surface area contributed by atoms with E-state index in [0.29, 0.717) is 16.9 Å². The Morgan fingerprint density at radius 3 is 1.15 bits per heavy atom. The van der Waals surface area contributed by atoms with Crippen molar-refractivity contribution < 1.29 is 14.3 Å². The van der Waals surface area contributed by atoms with Crippen LogP contribution >= 0.6 is 0 Å². The van der Waals surface area contributed by atoms with Gasteiger partial charge in [-0.3, -0.25) is 4.79 Å². The van der Waals surface area contributed by atoms with Crippen LogP contribution in [0.5, 0.6) is 23.0 Å². The maximum absolute atomic E-state index is 12.9. The fourth-order valence-electron chi connectivity index (χ4n) is 3.62. The summed E-state index contributed by atoms with van der Waals surface area (Å²) < 4.78 is 11.7. The molecule has 3 nitrogen and oxygen atoms in total. The first-order chi connectivity index (χ1) is 16.7. The molecule has 5 aromatic carbocycles. The summed E-state index contributed by atoms with van der Waals surface area (Å²) in [6.45, 7) is 0. The normalized spacial score (nSPS) is 10.5. The van der Waals surface area contributed by atoms with E-state index in [2.05, 4.69) is 0 Å². The second kappa shape index (κ2) is 9.88. The standard InChI is InChI=1S/C31H22O3/c32-31(26-17-21-30(22-18-26)34-28-9-5-2-6-10-28)25-13-11-23(12-14-25)24-15-19-29(20-16-24)33-27-7-3-1-4-8-27/h1-22H. The van der Waals surface area contributed by atoms with Crippen LogP contribution in [-0.4, -0.2) is 5.78 Å². The van der Waals surface area contributed by atoms with Gasteiger partial charge in [0.15, 0.2) is 5.78 Å². The molecule has 0 N–H and O–H groups in total. The number of para-hydroxylation sites is 2. The van der Waals surface area contributed by atoms with Crippen LogP contribution in [0.2, 0.25) is 0 Å². The van der Waals surface area contributed by atoms with Crippen LogP contribution in [0.4, 0.5) is 0 Å². The first-order valence-corrected chi connectivity index (χ1v) is 11.1. The van der Waals surface area contributed by atoms with Crippen molar-refractivity contribution in [3.63, 3.8) is 0 Å². The van der Waals surface area contributed by atoms with Gasteiger partial charge in [-0.15, -0.1) is 0 Å². The number of benzene rings is 5. The number of ether oxygens (including phenoxy) is 2. The summed E-state index contributed by atoms with van der Waals surface area (Å²) in [5, 5.41) is 0. The molecule has 0 aliphatic rings. The quantitative estimate of drug-likeness (QED) is 0.238. The summed E-state index contributed by atoms with van der Waals surface area (Å²) in [6.07, 6.45) is 0. The van der Waals surface area contributed by atoms with E-state index in [0.717, 1.165) is 28.4 Å². The average Bonchev–Trinajstić information content (AvgIpc) is 2.91. The van der Waals surface area contributed by atoms with E-state index in [9.17, 15) is 4.79 Å². The van der Waals surface area contributed by atoms with Gasteiger partial charge < -0.3 is 9.47 Å². The van der Waals surface area contributed by atoms with Crippen LogP contribution in [-0.2, 0) is 0 Å². The van der Waals surface area contributed by atoms with E-state index < -0.39 is 0 Å². The molecule has 0 amide bonds. The molecule has 34 heavy (non-hydrogen) atoms. The molecule has 5 rings (SSSR count). The highest BCUT2D eigenvalue weighted by Crippen LogP contribution is 2.27. The first-order valence-electron chi connectivity index (χ1n) is 11.1. The molecule has 0 aliphatic heterocycles. The fraction of sp³-hybridized carbons (Fsp3) is 0. The maximum atomic E-state index is 12.9. The zero-order valence-electron chi connectivity index (χ0n) is 18.4. The lowest BCUT2D eigenvalue weighted by Gasteiger charge is -2.08. The van der Waals surface area contributed by atoms with Gasteiger partial charge in [0.05, 0.1) is 0 Å². The van der Waals surface area contributed by atoms with Gasteiger partial charge in [-0.2, -0.15) is 0 Å². The average molecular weight is 443 g/mol. The number of ketones is 1. The maximum Gasteiger partial charge on any atom is 0.193 e. The first kappa shape index (κ1) is 21.2. The molecular formula is C31H22O3. The molecule has 0 bridgehead atoms. The minimum Gasteiger partial charge on any atom is -0.457 e. The third kappa shape index (κ3) is 5.05. The smallest absolute Gasteiger partial charge is 0.193 e. The van der Waals surface area contributed by atoms with Crippen molar-refractivity contribution in [1.82, 2.24) is 0 Å². The lowest BCUT2D eigenvalue weighted by atomic mass is 9.99. The largest absolute Gasteiger partial charge is 0.457 e. The summed E-state index contributed by atoms with van der Waals surface area (Å²) >= 11 is 0. The molecule has 0 aromatic heterocycles. The molecule has 0 atom stereocenters. The third-order valence-corrected chi connectivity index (χ3v) is 5.41. The van der Waals surface area contributed by atoms with Gasteiger partial charge in [0, 0.05) is 11.1 Å². The fourth-order valence-corrected chi connectivity index (χ4v) is 3.62. The zero-order valence-corrected chi connectivity index (χ0v) is 18.4. The number of carbonyl (C=O) groups is 1. The minimum atomic E-state index is -0.0237. The highest BCUT2D eigenvalue weighted by atomic mass is 16.5. The topological polar surface area (TPSA) is 35.5 Å². The summed E-state index contributed by atoms with van der Waals surface area (Å²) in [6, 6.07) is 42.0. The van der Waals surface area contributed by atoms with Crippen LogP contribution in [0.25, 0.3) is 11.1 Å². The molecule has 0 saturated heterocycles. The minimum absolute atomic E-state index is 0.0237. The van der Waals surface area contributed by atoms with Crippen LogP contribution in [0, 0.1) is 0 Å². The molecular weight excluding hydrogens is 420 g/mol. The Labute approximate surface area is 198 Å². The van der Waals surface area contributed by atoms with E-state index in [1.807, 2.05) is 121 Å². The Kier molecular flexibility index (Phi) is 6.17. The highest BCUT2D eigenvalue weighted by molar-refractivity contribution is 6.09. The lowest BCUT2D eigenvalue weighted by molar-refractivity contribution is 0.103.